The van der Waals surface area contributed by atoms with Gasteiger partial charge in [0.2, 0.25) is 0 Å². The van der Waals surface area contributed by atoms with Crippen molar-refractivity contribution < 1.29 is 19.1 Å². The first kappa shape index (κ1) is 9.73. The number of ether oxygens (including phenoxy) is 2. The van der Waals surface area contributed by atoms with Gasteiger partial charge in [0.25, 0.3) is 5.91 Å². The molecular weight excluding hydrogens is 174 g/mol. The Morgan fingerprint density at radius 3 is 3.15 bits per heavy atom. The lowest BCUT2D eigenvalue weighted by Crippen LogP contribution is -2.45. The molecule has 1 aliphatic heterocycles. The summed E-state index contributed by atoms with van der Waals surface area (Å²) in [4.78, 5) is 23.3. The van der Waals surface area contributed by atoms with Gasteiger partial charge < -0.3 is 9.47 Å². The first-order valence-corrected chi connectivity index (χ1v) is 3.91. The Morgan fingerprint density at radius 2 is 2.54 bits per heavy atom. The van der Waals surface area contributed by atoms with E-state index >= 15 is 0 Å². The number of morpholine rings is 1. The highest BCUT2D eigenvalue weighted by Crippen LogP contribution is 2.01. The lowest BCUT2D eigenvalue weighted by molar-refractivity contribution is -0.140. The summed E-state index contributed by atoms with van der Waals surface area (Å²) in [7, 11) is 0. The second-order valence-electron chi connectivity index (χ2n) is 2.46. The number of rotatable bonds is 2. The highest BCUT2D eigenvalue weighted by Gasteiger charge is 2.25. The maximum Gasteiger partial charge on any atom is 0.416 e. The zero-order valence-electron chi connectivity index (χ0n) is 7.19. The van der Waals surface area contributed by atoms with E-state index in [2.05, 4.69) is 6.58 Å². The van der Waals surface area contributed by atoms with Gasteiger partial charge in [-0.1, -0.05) is 12.7 Å². The van der Waals surface area contributed by atoms with Gasteiger partial charge in [0, 0.05) is 0 Å². The van der Waals surface area contributed by atoms with E-state index < -0.39 is 6.09 Å². The fourth-order valence-electron chi connectivity index (χ4n) is 0.919. The topological polar surface area (TPSA) is 55.8 Å². The molecule has 5 heteroatoms. The predicted molar refractivity (Wildman–Crippen MR) is 44.1 cm³/mol. The Hall–Kier alpha value is -1.36. The van der Waals surface area contributed by atoms with Crippen molar-refractivity contribution >= 4 is 12.0 Å². The molecule has 0 spiro atoms. The van der Waals surface area contributed by atoms with Crippen molar-refractivity contribution in [3.8, 4) is 0 Å². The minimum Gasteiger partial charge on any atom is -0.445 e. The van der Waals surface area contributed by atoms with Crippen molar-refractivity contribution in [3.05, 3.63) is 12.7 Å². The minimum atomic E-state index is -0.631. The van der Waals surface area contributed by atoms with Crippen LogP contribution in [-0.2, 0) is 14.3 Å². The minimum absolute atomic E-state index is 0.0524. The molecule has 0 aliphatic carbocycles. The number of carbonyl (C=O) groups is 2. The van der Waals surface area contributed by atoms with Gasteiger partial charge >= 0.3 is 6.09 Å². The third kappa shape index (κ3) is 2.55. The summed E-state index contributed by atoms with van der Waals surface area (Å²) >= 11 is 0. The lowest BCUT2D eigenvalue weighted by atomic mass is 10.4. The second-order valence-corrected chi connectivity index (χ2v) is 2.46. The number of nitrogens with zero attached hydrogens (tertiary/aromatic N) is 1. The van der Waals surface area contributed by atoms with Crippen LogP contribution in [0.4, 0.5) is 4.79 Å². The average molecular weight is 185 g/mol. The summed E-state index contributed by atoms with van der Waals surface area (Å²) < 4.78 is 9.54. The smallest absolute Gasteiger partial charge is 0.416 e. The third-order valence-corrected chi connectivity index (χ3v) is 1.53. The van der Waals surface area contributed by atoms with Crippen molar-refractivity contribution in [1.29, 1.82) is 0 Å². The fourth-order valence-corrected chi connectivity index (χ4v) is 0.919. The zero-order valence-corrected chi connectivity index (χ0v) is 7.19. The highest BCUT2D eigenvalue weighted by atomic mass is 16.6. The number of amides is 2. The van der Waals surface area contributed by atoms with E-state index in [1.807, 2.05) is 0 Å². The quantitative estimate of drug-likeness (QED) is 0.575. The number of carbonyl (C=O) groups excluding carboxylic acids is 2. The SMILES string of the molecule is C=CCOC(=O)N1CCOCC1=O. The van der Waals surface area contributed by atoms with Crippen molar-refractivity contribution in [1.82, 2.24) is 4.90 Å². The maximum atomic E-state index is 11.1. The Balaban J connectivity index is 2.43. The van der Waals surface area contributed by atoms with Crippen LogP contribution in [0, 0.1) is 0 Å². The van der Waals surface area contributed by atoms with E-state index in [4.69, 9.17) is 9.47 Å². The predicted octanol–water partition coefficient (Wildman–Crippen LogP) is 0.168. The summed E-state index contributed by atoms with van der Waals surface area (Å²) in [5.41, 5.74) is 0. The van der Waals surface area contributed by atoms with Gasteiger partial charge in [0.05, 0.1) is 13.2 Å². The molecule has 0 radical (unpaired) electrons. The van der Waals surface area contributed by atoms with Crippen LogP contribution in [0.15, 0.2) is 12.7 Å². The van der Waals surface area contributed by atoms with Crippen LogP contribution in [0.5, 0.6) is 0 Å². The van der Waals surface area contributed by atoms with Crippen molar-refractivity contribution in [2.24, 2.45) is 0 Å². The van der Waals surface area contributed by atoms with Crippen molar-refractivity contribution in [3.63, 3.8) is 0 Å². The molecule has 0 bridgehead atoms. The Labute approximate surface area is 75.9 Å². The molecule has 1 saturated heterocycles. The molecule has 2 amide bonds. The van der Waals surface area contributed by atoms with Gasteiger partial charge in [-0.05, 0) is 0 Å². The second kappa shape index (κ2) is 4.61. The van der Waals surface area contributed by atoms with Crippen LogP contribution in [0.2, 0.25) is 0 Å². The molecule has 0 unspecified atom stereocenters. The van der Waals surface area contributed by atoms with Gasteiger partial charge in [-0.3, -0.25) is 4.79 Å². The summed E-state index contributed by atoms with van der Waals surface area (Å²) in [6, 6.07) is 0. The van der Waals surface area contributed by atoms with Gasteiger partial charge in [0.1, 0.15) is 13.2 Å². The van der Waals surface area contributed by atoms with E-state index in [0.29, 0.717) is 6.61 Å². The Kier molecular flexibility index (Phi) is 3.45. The van der Waals surface area contributed by atoms with Gasteiger partial charge in [0.15, 0.2) is 0 Å². The summed E-state index contributed by atoms with van der Waals surface area (Å²) in [5.74, 6) is -0.361. The zero-order chi connectivity index (χ0) is 9.68. The molecular formula is C8H11NO4. The van der Waals surface area contributed by atoms with Crippen LogP contribution in [0.25, 0.3) is 0 Å². The molecule has 1 aliphatic rings. The monoisotopic (exact) mass is 185 g/mol. The maximum absolute atomic E-state index is 11.1. The lowest BCUT2D eigenvalue weighted by Gasteiger charge is -2.23. The first-order chi connectivity index (χ1) is 6.25. The average Bonchev–Trinajstić information content (AvgIpc) is 2.15. The molecule has 1 heterocycles. The van der Waals surface area contributed by atoms with Gasteiger partial charge in [-0.15, -0.1) is 0 Å². The Morgan fingerprint density at radius 1 is 1.77 bits per heavy atom. The first-order valence-electron chi connectivity index (χ1n) is 3.91. The van der Waals surface area contributed by atoms with Crippen molar-refractivity contribution in [2.75, 3.05) is 26.4 Å². The highest BCUT2D eigenvalue weighted by molar-refractivity contribution is 5.93. The van der Waals surface area contributed by atoms with E-state index in [9.17, 15) is 9.59 Å². The summed E-state index contributed by atoms with van der Waals surface area (Å²) in [6.45, 7) is 4.08. The molecule has 0 aromatic carbocycles. The summed E-state index contributed by atoms with van der Waals surface area (Å²) in [6.07, 6.45) is 0.816. The number of imide groups is 1. The van der Waals surface area contributed by atoms with E-state index in [0.717, 1.165) is 4.90 Å². The third-order valence-electron chi connectivity index (χ3n) is 1.53. The van der Waals surface area contributed by atoms with Crippen LogP contribution >= 0.6 is 0 Å². The van der Waals surface area contributed by atoms with E-state index in [-0.39, 0.29) is 25.7 Å². The van der Waals surface area contributed by atoms with Crippen LogP contribution in [0.3, 0.4) is 0 Å². The van der Waals surface area contributed by atoms with Crippen LogP contribution in [-0.4, -0.2) is 43.3 Å². The van der Waals surface area contributed by atoms with E-state index in [1.54, 1.807) is 0 Å². The Bertz CT molecular complexity index is 226. The molecule has 0 aromatic heterocycles. The van der Waals surface area contributed by atoms with Crippen LogP contribution in [0.1, 0.15) is 0 Å². The molecule has 0 atom stereocenters. The fraction of sp³-hybridized carbons (Fsp3) is 0.500. The van der Waals surface area contributed by atoms with E-state index in [1.165, 1.54) is 6.08 Å². The molecule has 0 aromatic rings. The standard InChI is InChI=1S/C8H11NO4/c1-2-4-13-8(11)9-3-5-12-6-7(9)10/h2H,1,3-6H2. The van der Waals surface area contributed by atoms with Gasteiger partial charge in [-0.25, -0.2) is 9.69 Å². The number of hydrogen-bond donors (Lipinski definition) is 0. The summed E-state index contributed by atoms with van der Waals surface area (Å²) in [5, 5.41) is 0. The molecule has 13 heavy (non-hydrogen) atoms. The van der Waals surface area contributed by atoms with Gasteiger partial charge in [-0.2, -0.15) is 0 Å². The number of hydrogen-bond acceptors (Lipinski definition) is 4. The molecule has 1 fully saturated rings. The molecule has 1 rings (SSSR count). The molecule has 5 nitrogen and oxygen atoms in total. The normalized spacial score (nSPS) is 16.9. The molecule has 0 N–H and O–H groups in total. The molecule has 0 saturated carbocycles. The van der Waals surface area contributed by atoms with Crippen molar-refractivity contribution in [2.45, 2.75) is 0 Å². The molecule has 72 valence electrons. The van der Waals surface area contributed by atoms with Crippen LogP contribution < -0.4 is 0 Å². The largest absolute Gasteiger partial charge is 0.445 e.